The van der Waals surface area contributed by atoms with E-state index in [1.54, 1.807) is 13.3 Å². The van der Waals surface area contributed by atoms with Gasteiger partial charge in [0.15, 0.2) is 0 Å². The van der Waals surface area contributed by atoms with Crippen LogP contribution in [0.25, 0.3) is 0 Å². The zero-order valence-electron chi connectivity index (χ0n) is 21.2. The van der Waals surface area contributed by atoms with Gasteiger partial charge in [0, 0.05) is 17.5 Å². The number of fused-ring (bicyclic) bond motifs is 1. The summed E-state index contributed by atoms with van der Waals surface area (Å²) in [5, 5.41) is 3.43. The summed E-state index contributed by atoms with van der Waals surface area (Å²) in [6.07, 6.45) is 1.79. The van der Waals surface area contributed by atoms with Crippen LogP contribution >= 0.6 is 0 Å². The molecular formula is C29H32N2O4. The number of allylic oxidation sites excluding steroid dienone is 1. The Balaban J connectivity index is 1.84. The molecule has 0 spiro atoms. The number of aromatic nitrogens is 1. The SMILES string of the molecule is CCOc1ncc(C)c2c1C(c1ccc(C)cc1OC)C(C(=O)OCc1ccc(C)cc1)=C(C)N2. The number of rotatable bonds is 7. The van der Waals surface area contributed by atoms with Crippen LogP contribution in [0.3, 0.4) is 0 Å². The number of hydrogen-bond acceptors (Lipinski definition) is 6. The third-order valence-corrected chi connectivity index (χ3v) is 6.25. The van der Waals surface area contributed by atoms with Crippen molar-refractivity contribution in [1.82, 2.24) is 4.98 Å². The van der Waals surface area contributed by atoms with Gasteiger partial charge in [0.1, 0.15) is 12.4 Å². The Morgan fingerprint density at radius 3 is 2.43 bits per heavy atom. The summed E-state index contributed by atoms with van der Waals surface area (Å²) in [6, 6.07) is 14.0. The maximum atomic E-state index is 13.6. The topological polar surface area (TPSA) is 69.7 Å². The fourth-order valence-corrected chi connectivity index (χ4v) is 4.46. The first-order valence-corrected chi connectivity index (χ1v) is 11.8. The van der Waals surface area contributed by atoms with Gasteiger partial charge >= 0.3 is 5.97 Å². The predicted molar refractivity (Wildman–Crippen MR) is 137 cm³/mol. The molecule has 0 amide bonds. The van der Waals surface area contributed by atoms with E-state index in [0.29, 0.717) is 23.8 Å². The number of pyridine rings is 1. The molecule has 2 aromatic carbocycles. The normalized spacial score (nSPS) is 14.7. The molecule has 3 aromatic rings. The molecule has 6 nitrogen and oxygen atoms in total. The number of benzene rings is 2. The second-order valence-electron chi connectivity index (χ2n) is 8.87. The van der Waals surface area contributed by atoms with Crippen LogP contribution in [0.5, 0.6) is 11.6 Å². The number of hydrogen-bond donors (Lipinski definition) is 1. The molecule has 0 saturated heterocycles. The van der Waals surface area contributed by atoms with Crippen LogP contribution in [0.15, 0.2) is 59.9 Å². The van der Waals surface area contributed by atoms with Crippen LogP contribution in [0.2, 0.25) is 0 Å². The lowest BCUT2D eigenvalue weighted by Crippen LogP contribution is -2.26. The van der Waals surface area contributed by atoms with E-state index in [0.717, 1.165) is 44.8 Å². The van der Waals surface area contributed by atoms with Crippen molar-refractivity contribution < 1.29 is 19.0 Å². The van der Waals surface area contributed by atoms with Crippen molar-refractivity contribution >= 4 is 11.7 Å². The Bertz CT molecular complexity index is 1280. The number of carbonyl (C=O) groups excluding carboxylic acids is 1. The fourth-order valence-electron chi connectivity index (χ4n) is 4.46. The highest BCUT2D eigenvalue weighted by Crippen LogP contribution is 2.49. The number of nitrogens with zero attached hydrogens (tertiary/aromatic N) is 1. The van der Waals surface area contributed by atoms with Crippen LogP contribution in [0, 0.1) is 20.8 Å². The molecule has 1 unspecified atom stereocenters. The van der Waals surface area contributed by atoms with Gasteiger partial charge in [-0.15, -0.1) is 0 Å². The molecule has 182 valence electrons. The predicted octanol–water partition coefficient (Wildman–Crippen LogP) is 5.99. The number of nitrogens with one attached hydrogen (secondary N) is 1. The Hall–Kier alpha value is -3.80. The molecule has 2 heterocycles. The van der Waals surface area contributed by atoms with Crippen molar-refractivity contribution in [2.24, 2.45) is 0 Å². The summed E-state index contributed by atoms with van der Waals surface area (Å²) in [6.45, 7) is 10.5. The Morgan fingerprint density at radius 1 is 1.03 bits per heavy atom. The monoisotopic (exact) mass is 472 g/mol. The van der Waals surface area contributed by atoms with Crippen LogP contribution in [0.1, 0.15) is 53.1 Å². The molecule has 6 heteroatoms. The van der Waals surface area contributed by atoms with E-state index >= 15 is 0 Å². The van der Waals surface area contributed by atoms with Gasteiger partial charge in [-0.25, -0.2) is 9.78 Å². The Morgan fingerprint density at radius 2 is 1.74 bits per heavy atom. The summed E-state index contributed by atoms with van der Waals surface area (Å²) in [4.78, 5) is 18.2. The average Bonchev–Trinajstić information content (AvgIpc) is 2.84. The summed E-state index contributed by atoms with van der Waals surface area (Å²) in [5.74, 6) is 0.326. The lowest BCUT2D eigenvalue weighted by atomic mass is 9.79. The van der Waals surface area contributed by atoms with Gasteiger partial charge in [-0.2, -0.15) is 0 Å². The minimum Gasteiger partial charge on any atom is -0.496 e. The number of esters is 1. The molecular weight excluding hydrogens is 440 g/mol. The van der Waals surface area contributed by atoms with Gasteiger partial charge in [-0.05, 0) is 57.4 Å². The highest BCUT2D eigenvalue weighted by atomic mass is 16.5. The van der Waals surface area contributed by atoms with Crippen LogP contribution in [-0.2, 0) is 16.1 Å². The van der Waals surface area contributed by atoms with Gasteiger partial charge in [0.25, 0.3) is 0 Å². The summed E-state index contributed by atoms with van der Waals surface area (Å²) < 4.78 is 17.6. The molecule has 4 rings (SSSR count). The minimum absolute atomic E-state index is 0.185. The van der Waals surface area contributed by atoms with Gasteiger partial charge in [-0.1, -0.05) is 42.0 Å². The number of methoxy groups -OCH3 is 1. The highest BCUT2D eigenvalue weighted by Gasteiger charge is 2.38. The van der Waals surface area contributed by atoms with Gasteiger partial charge in [0.05, 0.1) is 36.5 Å². The lowest BCUT2D eigenvalue weighted by molar-refractivity contribution is -0.140. The van der Waals surface area contributed by atoms with Crippen molar-refractivity contribution in [2.75, 3.05) is 19.0 Å². The Labute approximate surface area is 207 Å². The first-order valence-electron chi connectivity index (χ1n) is 11.8. The maximum absolute atomic E-state index is 13.6. The maximum Gasteiger partial charge on any atom is 0.337 e. The summed E-state index contributed by atoms with van der Waals surface area (Å²) in [7, 11) is 1.64. The van der Waals surface area contributed by atoms with E-state index < -0.39 is 11.9 Å². The molecule has 0 radical (unpaired) electrons. The van der Waals surface area contributed by atoms with E-state index in [1.165, 1.54) is 0 Å². The van der Waals surface area contributed by atoms with E-state index in [2.05, 4.69) is 10.3 Å². The molecule has 1 N–H and O–H groups in total. The largest absolute Gasteiger partial charge is 0.496 e. The van der Waals surface area contributed by atoms with E-state index in [1.807, 2.05) is 77.1 Å². The fraction of sp³-hybridized carbons (Fsp3) is 0.310. The van der Waals surface area contributed by atoms with Crippen molar-refractivity contribution in [3.8, 4) is 11.6 Å². The first-order chi connectivity index (χ1) is 16.8. The summed E-state index contributed by atoms with van der Waals surface area (Å²) in [5.41, 5.74) is 7.92. The number of ether oxygens (including phenoxy) is 3. The standard InChI is InChI=1S/C29H32N2O4/c1-7-34-28-26-25(22-13-10-18(3)14-23(22)33-6)24(20(5)31-27(26)19(4)15-30-28)29(32)35-16-21-11-8-17(2)9-12-21/h8-15,25,31H,7,16H2,1-6H3. The zero-order valence-corrected chi connectivity index (χ0v) is 21.2. The van der Waals surface area contributed by atoms with E-state index in [-0.39, 0.29) is 6.61 Å². The average molecular weight is 473 g/mol. The van der Waals surface area contributed by atoms with E-state index in [4.69, 9.17) is 14.2 Å². The van der Waals surface area contributed by atoms with Crippen molar-refractivity contribution in [3.05, 3.63) is 93.3 Å². The molecule has 1 aliphatic rings. The molecule has 0 fully saturated rings. The molecule has 1 aliphatic heterocycles. The first kappa shape index (κ1) is 24.3. The molecule has 1 aromatic heterocycles. The van der Waals surface area contributed by atoms with Crippen molar-refractivity contribution in [3.63, 3.8) is 0 Å². The second-order valence-corrected chi connectivity index (χ2v) is 8.87. The minimum atomic E-state index is -0.471. The lowest BCUT2D eigenvalue weighted by Gasteiger charge is -2.32. The van der Waals surface area contributed by atoms with Crippen molar-refractivity contribution in [1.29, 1.82) is 0 Å². The van der Waals surface area contributed by atoms with Crippen LogP contribution in [0.4, 0.5) is 5.69 Å². The van der Waals surface area contributed by atoms with Gasteiger partial charge < -0.3 is 19.5 Å². The molecule has 1 atom stereocenters. The number of anilines is 1. The van der Waals surface area contributed by atoms with Crippen LogP contribution in [-0.4, -0.2) is 24.7 Å². The van der Waals surface area contributed by atoms with Crippen molar-refractivity contribution in [2.45, 2.75) is 47.1 Å². The molecule has 35 heavy (non-hydrogen) atoms. The smallest absolute Gasteiger partial charge is 0.337 e. The van der Waals surface area contributed by atoms with E-state index in [9.17, 15) is 4.79 Å². The third kappa shape index (κ3) is 4.87. The molecule has 0 bridgehead atoms. The quantitative estimate of drug-likeness (QED) is 0.426. The van der Waals surface area contributed by atoms with Crippen LogP contribution < -0.4 is 14.8 Å². The molecule has 0 saturated carbocycles. The van der Waals surface area contributed by atoms with Gasteiger partial charge in [-0.3, -0.25) is 0 Å². The third-order valence-electron chi connectivity index (χ3n) is 6.25. The Kier molecular flexibility index (Phi) is 7.10. The second kappa shape index (κ2) is 10.2. The zero-order chi connectivity index (χ0) is 25.1. The number of aryl methyl sites for hydroxylation is 3. The highest BCUT2D eigenvalue weighted by molar-refractivity contribution is 5.95. The number of carbonyl (C=O) groups is 1. The summed E-state index contributed by atoms with van der Waals surface area (Å²) >= 11 is 0. The van der Waals surface area contributed by atoms with Gasteiger partial charge in [0.2, 0.25) is 5.88 Å². The molecule has 0 aliphatic carbocycles.